The summed E-state index contributed by atoms with van der Waals surface area (Å²) in [6.45, 7) is 11.3. The van der Waals surface area contributed by atoms with Crippen LogP contribution in [-0.4, -0.2) is 33.0 Å². The summed E-state index contributed by atoms with van der Waals surface area (Å²) in [7, 11) is -0.473. The zero-order chi connectivity index (χ0) is 22.4. The lowest BCUT2D eigenvalue weighted by Gasteiger charge is -2.39. The Morgan fingerprint density at radius 2 is 1.83 bits per heavy atom. The number of aromatic nitrogens is 1. The highest BCUT2D eigenvalue weighted by Crippen LogP contribution is 2.39. The van der Waals surface area contributed by atoms with E-state index >= 15 is 0 Å². The van der Waals surface area contributed by atoms with Crippen molar-refractivity contribution in [3.8, 4) is 5.75 Å². The minimum Gasteiger partial charge on any atom is -0.497 e. The van der Waals surface area contributed by atoms with Gasteiger partial charge in [0.2, 0.25) is 0 Å². The summed E-state index contributed by atoms with van der Waals surface area (Å²) in [6.07, 6.45) is 0.839. The molecule has 0 saturated heterocycles. The van der Waals surface area contributed by atoms with Gasteiger partial charge in [-0.3, -0.25) is 0 Å². The maximum atomic E-state index is 12.3. The first-order chi connectivity index (χ1) is 14.0. The molecular formula is C22H31ClN2O4Si. The number of benzene rings is 1. The summed E-state index contributed by atoms with van der Waals surface area (Å²) in [5.41, 5.74) is 1.74. The van der Waals surface area contributed by atoms with Gasteiger partial charge in [0.15, 0.2) is 8.32 Å². The van der Waals surface area contributed by atoms with Crippen LogP contribution in [0.2, 0.25) is 23.3 Å². The first-order valence-corrected chi connectivity index (χ1v) is 13.1. The minimum absolute atomic E-state index is 0.0278. The average Bonchev–Trinajstić information content (AvgIpc) is 2.69. The van der Waals surface area contributed by atoms with E-state index < -0.39 is 14.4 Å². The van der Waals surface area contributed by atoms with Crippen LogP contribution in [0.1, 0.15) is 38.0 Å². The molecule has 0 aliphatic rings. The van der Waals surface area contributed by atoms with Crippen molar-refractivity contribution in [3.05, 3.63) is 58.9 Å². The molecule has 1 aromatic carbocycles. The molecule has 8 heteroatoms. The predicted octanol–water partition coefficient (Wildman–Crippen LogP) is 5.73. The van der Waals surface area contributed by atoms with Gasteiger partial charge in [-0.1, -0.05) is 50.6 Å². The molecule has 0 aliphatic carbocycles. The highest BCUT2D eigenvalue weighted by atomic mass is 35.5. The monoisotopic (exact) mass is 450 g/mol. The Hall–Kier alpha value is -2.09. The maximum Gasteiger partial charge on any atom is 0.407 e. The molecule has 1 unspecified atom stereocenters. The zero-order valence-electron chi connectivity index (χ0n) is 18.5. The second kappa shape index (κ2) is 10.3. The van der Waals surface area contributed by atoms with Crippen molar-refractivity contribution in [2.24, 2.45) is 0 Å². The van der Waals surface area contributed by atoms with Crippen molar-refractivity contribution in [1.82, 2.24) is 10.3 Å². The molecule has 2 aromatic rings. The van der Waals surface area contributed by atoms with Crippen LogP contribution in [0.25, 0.3) is 0 Å². The lowest BCUT2D eigenvalue weighted by molar-refractivity contribution is 0.127. The van der Waals surface area contributed by atoms with Gasteiger partial charge in [-0.25, -0.2) is 9.78 Å². The molecule has 164 valence electrons. The molecule has 0 saturated carbocycles. The lowest BCUT2D eigenvalue weighted by Crippen LogP contribution is -2.44. The summed E-state index contributed by atoms with van der Waals surface area (Å²) >= 11 is 5.93. The van der Waals surface area contributed by atoms with Gasteiger partial charge < -0.3 is 19.2 Å². The van der Waals surface area contributed by atoms with Crippen LogP contribution in [0.4, 0.5) is 4.79 Å². The van der Waals surface area contributed by atoms with Crippen molar-refractivity contribution < 1.29 is 18.7 Å². The topological polar surface area (TPSA) is 69.7 Å². The molecule has 0 radical (unpaired) electrons. The van der Waals surface area contributed by atoms with Crippen molar-refractivity contribution in [3.63, 3.8) is 0 Å². The number of hydrogen-bond donors (Lipinski definition) is 1. The van der Waals surface area contributed by atoms with E-state index in [0.29, 0.717) is 5.15 Å². The number of carbonyl (C=O) groups excluding carboxylic acids is 1. The molecule has 1 heterocycles. The minimum atomic E-state index is -2.08. The van der Waals surface area contributed by atoms with Gasteiger partial charge in [0.25, 0.3) is 0 Å². The highest BCUT2D eigenvalue weighted by Gasteiger charge is 2.39. The van der Waals surface area contributed by atoms with E-state index in [1.165, 1.54) is 0 Å². The lowest BCUT2D eigenvalue weighted by atomic mass is 10.2. The molecule has 0 spiro atoms. The van der Waals surface area contributed by atoms with Crippen LogP contribution in [0.3, 0.4) is 0 Å². The second-order valence-corrected chi connectivity index (χ2v) is 13.7. The van der Waals surface area contributed by atoms with E-state index in [-0.39, 0.29) is 24.3 Å². The molecule has 1 amide bonds. The Morgan fingerprint density at radius 3 is 2.37 bits per heavy atom. The van der Waals surface area contributed by atoms with E-state index in [0.717, 1.165) is 16.9 Å². The molecule has 2 rings (SSSR count). The van der Waals surface area contributed by atoms with Crippen LogP contribution < -0.4 is 10.1 Å². The van der Waals surface area contributed by atoms with Gasteiger partial charge in [-0.2, -0.15) is 0 Å². The van der Waals surface area contributed by atoms with Crippen molar-refractivity contribution in [2.45, 2.75) is 51.6 Å². The fourth-order valence-corrected chi connectivity index (χ4v) is 3.83. The van der Waals surface area contributed by atoms with Crippen LogP contribution in [-0.2, 0) is 15.8 Å². The number of methoxy groups -OCH3 is 1. The first-order valence-electron chi connectivity index (χ1n) is 9.84. The summed E-state index contributed by atoms with van der Waals surface area (Å²) in [5, 5.41) is 3.25. The summed E-state index contributed by atoms with van der Waals surface area (Å²) in [5.74, 6) is 0.755. The number of pyridine rings is 1. The third-order valence-electron chi connectivity index (χ3n) is 5.33. The number of halogens is 1. The second-order valence-electron chi connectivity index (χ2n) is 8.59. The van der Waals surface area contributed by atoms with E-state index in [1.807, 2.05) is 30.3 Å². The molecule has 1 N–H and O–H groups in total. The SMILES string of the molecule is COc1ccc(COC(=O)NCC(O[Si](C)(C)C(C)(C)C)c2ccc(Cl)nc2)cc1. The van der Waals surface area contributed by atoms with Crippen LogP contribution in [0, 0.1) is 0 Å². The summed E-state index contributed by atoms with van der Waals surface area (Å²) < 4.78 is 17.0. The van der Waals surface area contributed by atoms with E-state index in [1.54, 1.807) is 19.4 Å². The van der Waals surface area contributed by atoms with Gasteiger partial charge in [0.1, 0.15) is 17.5 Å². The zero-order valence-corrected chi connectivity index (χ0v) is 20.2. The Balaban J connectivity index is 2.00. The molecule has 0 aliphatic heterocycles. The quantitative estimate of drug-likeness (QED) is 0.410. The van der Waals surface area contributed by atoms with Gasteiger partial charge in [0.05, 0.1) is 19.8 Å². The molecule has 6 nitrogen and oxygen atoms in total. The van der Waals surface area contributed by atoms with Crippen LogP contribution >= 0.6 is 11.6 Å². The number of alkyl carbamates (subject to hydrolysis) is 1. The van der Waals surface area contributed by atoms with E-state index in [4.69, 9.17) is 25.5 Å². The van der Waals surface area contributed by atoms with Crippen molar-refractivity contribution in [2.75, 3.05) is 13.7 Å². The largest absolute Gasteiger partial charge is 0.497 e. The molecular weight excluding hydrogens is 420 g/mol. The first kappa shape index (κ1) is 24.2. The third-order valence-corrected chi connectivity index (χ3v) is 10.0. The van der Waals surface area contributed by atoms with Crippen LogP contribution in [0.5, 0.6) is 5.75 Å². The standard InChI is InChI=1S/C22H31ClN2O4Si/c1-22(2,3)30(5,6)29-19(17-9-12-20(23)24-13-17)14-25-21(26)28-15-16-7-10-18(27-4)11-8-16/h7-13,19H,14-15H2,1-6H3,(H,25,26). The molecule has 0 bridgehead atoms. The van der Waals surface area contributed by atoms with Gasteiger partial charge in [0, 0.05) is 6.20 Å². The normalized spacial score (nSPS) is 12.9. The Labute approximate surface area is 185 Å². The Bertz CT molecular complexity index is 821. The number of rotatable bonds is 8. The van der Waals surface area contributed by atoms with Crippen molar-refractivity contribution in [1.29, 1.82) is 0 Å². The number of ether oxygens (including phenoxy) is 2. The predicted molar refractivity (Wildman–Crippen MR) is 121 cm³/mol. The fourth-order valence-electron chi connectivity index (χ4n) is 2.44. The fraction of sp³-hybridized carbons (Fsp3) is 0.455. The van der Waals surface area contributed by atoms with Crippen LogP contribution in [0.15, 0.2) is 42.6 Å². The van der Waals surface area contributed by atoms with Crippen molar-refractivity contribution >= 4 is 26.0 Å². The Morgan fingerprint density at radius 1 is 1.17 bits per heavy atom. The number of amides is 1. The van der Waals surface area contributed by atoms with E-state index in [2.05, 4.69) is 44.2 Å². The van der Waals surface area contributed by atoms with Gasteiger partial charge in [-0.05, 0) is 47.5 Å². The third kappa shape index (κ3) is 7.00. The number of hydrogen-bond acceptors (Lipinski definition) is 5. The van der Waals surface area contributed by atoms with Gasteiger partial charge in [-0.15, -0.1) is 0 Å². The number of nitrogens with one attached hydrogen (secondary N) is 1. The molecule has 30 heavy (non-hydrogen) atoms. The smallest absolute Gasteiger partial charge is 0.407 e. The molecule has 1 atom stereocenters. The molecule has 0 fully saturated rings. The average molecular weight is 451 g/mol. The van der Waals surface area contributed by atoms with E-state index in [9.17, 15) is 4.79 Å². The maximum absolute atomic E-state index is 12.3. The summed E-state index contributed by atoms with van der Waals surface area (Å²) in [4.78, 5) is 16.4. The number of nitrogens with zero attached hydrogens (tertiary/aromatic N) is 1. The summed E-state index contributed by atoms with van der Waals surface area (Å²) in [6, 6.07) is 11.0. The Kier molecular flexibility index (Phi) is 8.29. The highest BCUT2D eigenvalue weighted by molar-refractivity contribution is 6.74. The van der Waals surface area contributed by atoms with Gasteiger partial charge >= 0.3 is 6.09 Å². The molecule has 1 aromatic heterocycles. The number of carbonyl (C=O) groups is 1.